The van der Waals surface area contributed by atoms with Crippen molar-refractivity contribution in [1.29, 1.82) is 0 Å². The Labute approximate surface area is 646 Å². The Morgan fingerprint density at radius 3 is 1.14 bits per heavy atom. The number of aliphatic hydroxyl groups is 3. The predicted molar refractivity (Wildman–Crippen MR) is 408 cm³/mol. The Bertz CT molecular complexity index is 4400. The van der Waals surface area contributed by atoms with Crippen LogP contribution in [-0.2, 0) is 23.9 Å². The van der Waals surface area contributed by atoms with Crippen molar-refractivity contribution in [3.8, 4) is 33.8 Å². The van der Waals surface area contributed by atoms with Gasteiger partial charge in [-0.15, -0.1) is 0 Å². The third-order valence-corrected chi connectivity index (χ3v) is 27.5. The Morgan fingerprint density at radius 1 is 0.495 bits per heavy atom. The lowest BCUT2D eigenvalue weighted by Gasteiger charge is -2.61. The number of halogens is 3. The maximum atomic E-state index is 15.0. The van der Waals surface area contributed by atoms with Crippen molar-refractivity contribution in [2.24, 2.45) is 81.0 Å². The second kappa shape index (κ2) is 30.6. The van der Waals surface area contributed by atoms with Crippen LogP contribution in [0.15, 0.2) is 92.2 Å². The highest BCUT2D eigenvalue weighted by atomic mass is 19.1. The number of nitrogens with one attached hydrogen (secondary N) is 4. The summed E-state index contributed by atoms with van der Waals surface area (Å²) in [6.07, 6.45) is 25.7. The lowest BCUT2D eigenvalue weighted by molar-refractivity contribution is -0.145. The number of aromatic nitrogens is 6. The summed E-state index contributed by atoms with van der Waals surface area (Å²) in [5.41, 5.74) is 18.0. The standard InChI is InChI=1S/C30H39FN4O4.C25H31FN4O2.C22H26FN3O.C8H15NO4/c1-29(2,3)39-28(38)33-8-7-25(37)34-27-18-9-17-10-19(27)14-30(12-17,13-18)24(36)11-22-26-20(5-4-6-21(26)31)23-15-32-16-35(22)23;26-18-3-1-2-17-20-12-28-13-30(20)19(23(17)18)8-21(31)25-9-14-6-15(10-25)24(16(7-14)11-25)29-22(32)4-5-27;23-16-3-1-2-15-18-10-25-11-26(18)17(20(15)16)6-19(27)22-7-12-4-13(8-22)21(24)14(5-12)9-22;1-8(2,3)13-7(12)9-5-4-6(10)11/h4-6,15-19,22,24,27,36H,7-14H2,1-3H3,(H,33,38)(H,34,37);1-3,12-16,19,21,24,31H,4-11,27H2,(H,29,32);1-3,10-14,17,19,21,27H,4-9,24H2;4-5H2,1-3H3,(H,9,12)(H,10,11). The minimum Gasteiger partial charge on any atom is -0.481 e. The van der Waals surface area contributed by atoms with Gasteiger partial charge in [-0.1, -0.05) is 36.4 Å². The molecule has 0 radical (unpaired) electrons. The molecule has 0 spiro atoms. The fourth-order valence-corrected chi connectivity index (χ4v) is 23.9. The van der Waals surface area contributed by atoms with Gasteiger partial charge in [0, 0.05) is 84.0 Å². The summed E-state index contributed by atoms with van der Waals surface area (Å²) in [5, 5.41) is 54.6. The van der Waals surface area contributed by atoms with Gasteiger partial charge in [0.25, 0.3) is 0 Å². The number of hydrogen-bond donors (Lipinski definition) is 10. The van der Waals surface area contributed by atoms with Crippen LogP contribution in [0.4, 0.5) is 22.8 Å². The maximum absolute atomic E-state index is 15.0. The number of benzene rings is 3. The Morgan fingerprint density at radius 2 is 0.811 bits per heavy atom. The number of imidazole rings is 3. The van der Waals surface area contributed by atoms with Crippen LogP contribution in [0.25, 0.3) is 33.8 Å². The van der Waals surface area contributed by atoms with Crippen LogP contribution in [-0.4, -0.2) is 146 Å². The molecule has 26 heteroatoms. The zero-order chi connectivity index (χ0) is 78.4. The van der Waals surface area contributed by atoms with E-state index in [2.05, 4.69) is 36.2 Å². The number of fused-ring (bicyclic) bond motifs is 9. The third-order valence-electron chi connectivity index (χ3n) is 27.5. The molecule has 3 aromatic carbocycles. The summed E-state index contributed by atoms with van der Waals surface area (Å²) in [7, 11) is 0. The van der Waals surface area contributed by atoms with E-state index in [1.165, 1.54) is 31.0 Å². The normalized spacial score (nSPS) is 31.8. The number of hydrogen-bond acceptors (Lipinski definition) is 15. The van der Waals surface area contributed by atoms with Crippen molar-refractivity contribution in [2.75, 3.05) is 19.6 Å². The summed E-state index contributed by atoms with van der Waals surface area (Å²) in [6, 6.07) is 15.5. The lowest BCUT2D eigenvalue weighted by atomic mass is 9.46. The number of carbonyl (C=O) groups excluding carboxylic acids is 4. The molecule has 15 aliphatic rings. The predicted octanol–water partition coefficient (Wildman–Crippen LogP) is 12.1. The van der Waals surface area contributed by atoms with Crippen LogP contribution in [0.1, 0.15) is 211 Å². The molecule has 12 atom stereocenters. The Hall–Kier alpha value is -8.17. The van der Waals surface area contributed by atoms with E-state index in [1.807, 2.05) is 31.9 Å². The fourth-order valence-electron chi connectivity index (χ4n) is 23.9. The highest BCUT2D eigenvalue weighted by Crippen LogP contribution is 2.66. The van der Waals surface area contributed by atoms with Gasteiger partial charge in [0.1, 0.15) is 28.7 Å². The molecule has 6 aromatic rings. The van der Waals surface area contributed by atoms with E-state index in [-0.39, 0.29) is 102 Å². The van der Waals surface area contributed by atoms with E-state index in [0.717, 1.165) is 123 Å². The first kappa shape index (κ1) is 78.1. The number of aliphatic hydroxyl groups excluding tert-OH is 3. The molecule has 3 aliphatic heterocycles. The molecule has 12 fully saturated rings. The first-order chi connectivity index (χ1) is 52.9. The number of nitrogens with zero attached hydrogens (tertiary/aromatic N) is 6. The Kier molecular flexibility index (Phi) is 21.6. The van der Waals surface area contributed by atoms with Crippen molar-refractivity contribution < 1.29 is 67.0 Å². The summed E-state index contributed by atoms with van der Waals surface area (Å²) in [6.45, 7) is 11.3. The average molecular weight is 1530 g/mol. The van der Waals surface area contributed by atoms with Gasteiger partial charge in [0.15, 0.2) is 0 Å². The summed E-state index contributed by atoms with van der Waals surface area (Å²) in [5.74, 6) is 2.87. The molecule has 23 nitrogen and oxygen atoms in total. The average Bonchev–Trinajstić information content (AvgIpc) is 1.71. The van der Waals surface area contributed by atoms with E-state index in [9.17, 15) is 52.5 Å². The molecule has 12 aliphatic carbocycles. The zero-order valence-electron chi connectivity index (χ0n) is 64.6. The number of carboxylic acids is 1. The van der Waals surface area contributed by atoms with Crippen molar-refractivity contribution in [2.45, 2.75) is 242 Å². The second-order valence-corrected chi connectivity index (χ2v) is 37.0. The molecule has 0 saturated heterocycles. The SMILES string of the molecule is CC(C)(C)OC(=O)NCCC(=O)NC1C2CC3CC1CC(C(O)CC1c4c(F)cccc4-c4cncn41)(C3)C2.CC(C)(C)OC(=O)NCCC(=O)O.NC1C2CC3CC1CC(C(O)CC1c4c(F)cccc4-c4cncn41)(C3)C2.NCCC(=O)NC1C2CC3CC1CC(C(O)CC1c4c(F)cccc4-c4cncn41)(C3)C2. The van der Waals surface area contributed by atoms with Crippen LogP contribution in [0.5, 0.6) is 0 Å². The minimum absolute atomic E-state index is 0.0267. The van der Waals surface area contributed by atoms with E-state index in [4.69, 9.17) is 26.0 Å². The second-order valence-electron chi connectivity index (χ2n) is 37.0. The molecule has 12 N–H and O–H groups in total. The van der Waals surface area contributed by atoms with E-state index < -0.39 is 47.7 Å². The third kappa shape index (κ3) is 15.5. The molecular formula is C85H111F3N12O11. The van der Waals surface area contributed by atoms with Gasteiger partial charge >= 0.3 is 18.2 Å². The number of ether oxygens (including phenoxy) is 2. The zero-order valence-corrected chi connectivity index (χ0v) is 64.6. The molecule has 4 amide bonds. The van der Waals surface area contributed by atoms with Gasteiger partial charge < -0.3 is 76.3 Å². The molecule has 12 saturated carbocycles. The van der Waals surface area contributed by atoms with E-state index >= 15 is 0 Å². The molecule has 21 rings (SSSR count). The van der Waals surface area contributed by atoms with Crippen LogP contribution < -0.4 is 32.7 Å². The fraction of sp³-hybridized carbons (Fsp3) is 0.624. The molecule has 3 aromatic heterocycles. The molecule has 6 heterocycles. The van der Waals surface area contributed by atoms with Crippen molar-refractivity contribution in [3.63, 3.8) is 0 Å². The van der Waals surface area contributed by atoms with E-state index in [0.29, 0.717) is 103 Å². The van der Waals surface area contributed by atoms with Crippen LogP contribution in [0.2, 0.25) is 0 Å². The van der Waals surface area contributed by atoms with Crippen LogP contribution in [0.3, 0.4) is 0 Å². The number of carbonyl (C=O) groups is 5. The number of nitrogens with two attached hydrogens (primary N) is 2. The highest BCUT2D eigenvalue weighted by Gasteiger charge is 2.62. The first-order valence-corrected chi connectivity index (χ1v) is 40.5. The lowest BCUT2D eigenvalue weighted by Crippen LogP contribution is -2.62. The van der Waals surface area contributed by atoms with Crippen LogP contribution in [0, 0.1) is 87.0 Å². The smallest absolute Gasteiger partial charge is 0.407 e. The summed E-state index contributed by atoms with van der Waals surface area (Å²) < 4.78 is 60.8. The molecule has 12 unspecified atom stereocenters. The van der Waals surface area contributed by atoms with Crippen molar-refractivity contribution in [3.05, 3.63) is 126 Å². The first-order valence-electron chi connectivity index (χ1n) is 40.5. The number of alkyl carbamates (subject to hydrolysis) is 2. The number of amides is 4. The quantitative estimate of drug-likeness (QED) is 0.0360. The Balaban J connectivity index is 0.000000124. The summed E-state index contributed by atoms with van der Waals surface area (Å²) >= 11 is 0. The van der Waals surface area contributed by atoms with Gasteiger partial charge in [-0.2, -0.15) is 0 Å². The van der Waals surface area contributed by atoms with Gasteiger partial charge in [-0.25, -0.2) is 37.7 Å². The maximum Gasteiger partial charge on any atom is 0.407 e. The summed E-state index contributed by atoms with van der Waals surface area (Å²) in [4.78, 5) is 70.7. The highest BCUT2D eigenvalue weighted by molar-refractivity contribution is 5.78. The van der Waals surface area contributed by atoms with Gasteiger partial charge in [-0.05, 0) is 245 Å². The van der Waals surface area contributed by atoms with Crippen LogP contribution >= 0.6 is 0 Å². The molecule has 12 bridgehead atoms. The van der Waals surface area contributed by atoms with Gasteiger partial charge in [0.05, 0.1) is 97.5 Å². The topological polar surface area (TPSA) is 338 Å². The molecule has 111 heavy (non-hydrogen) atoms. The number of carboxylic acid groups (broad SMARTS) is 1. The molecular weight excluding hydrogens is 1420 g/mol. The monoisotopic (exact) mass is 1530 g/mol. The minimum atomic E-state index is -0.948. The van der Waals surface area contributed by atoms with Gasteiger partial charge in [-0.3, -0.25) is 14.4 Å². The van der Waals surface area contributed by atoms with Crippen molar-refractivity contribution >= 4 is 30.0 Å². The molecule has 598 valence electrons. The number of aliphatic carboxylic acids is 1. The van der Waals surface area contributed by atoms with E-state index in [1.54, 1.807) is 97.3 Å². The van der Waals surface area contributed by atoms with Gasteiger partial charge in [0.2, 0.25) is 11.8 Å². The largest absolute Gasteiger partial charge is 0.481 e. The van der Waals surface area contributed by atoms with Crippen molar-refractivity contribution in [1.82, 2.24) is 49.9 Å². The number of rotatable bonds is 19.